The molecular weight excluding hydrogens is 645 g/mol. The molecule has 0 bridgehead atoms. The highest BCUT2D eigenvalue weighted by Crippen LogP contribution is 2.34. The molecule has 2 fully saturated rings. The largest absolute Gasteiger partial charge is 0.478 e. The number of carbonyl (C=O) groups is 2. The van der Waals surface area contributed by atoms with E-state index in [1.165, 1.54) is 48.6 Å². The first-order valence-electron chi connectivity index (χ1n) is 16.1. The van der Waals surface area contributed by atoms with Gasteiger partial charge in [-0.05, 0) is 92.4 Å². The number of hydrogen-bond acceptors (Lipinski definition) is 8. The van der Waals surface area contributed by atoms with Gasteiger partial charge in [0, 0.05) is 42.3 Å². The van der Waals surface area contributed by atoms with Crippen molar-refractivity contribution in [3.63, 3.8) is 0 Å². The summed E-state index contributed by atoms with van der Waals surface area (Å²) in [4.78, 5) is 32.4. The maximum atomic E-state index is 14.0. The van der Waals surface area contributed by atoms with E-state index in [0.717, 1.165) is 43.5 Å². The van der Waals surface area contributed by atoms with Crippen LogP contribution in [0.3, 0.4) is 0 Å². The Balaban J connectivity index is 1.10. The van der Waals surface area contributed by atoms with Crippen LogP contribution in [0.15, 0.2) is 95.2 Å². The Labute approximate surface area is 285 Å². The minimum absolute atomic E-state index is 0.138. The lowest BCUT2D eigenvalue weighted by Crippen LogP contribution is -2.48. The van der Waals surface area contributed by atoms with Crippen LogP contribution in [0.25, 0.3) is 10.4 Å². The van der Waals surface area contributed by atoms with Gasteiger partial charge in [0.2, 0.25) is 5.91 Å². The molecule has 3 aromatic carbocycles. The van der Waals surface area contributed by atoms with Gasteiger partial charge in [-0.1, -0.05) is 42.5 Å². The van der Waals surface area contributed by atoms with Gasteiger partial charge in [-0.15, -0.1) is 11.3 Å². The molecule has 11 heteroatoms. The molecule has 48 heavy (non-hydrogen) atoms. The summed E-state index contributed by atoms with van der Waals surface area (Å²) in [6, 6.07) is 27.6. The molecule has 2 heterocycles. The maximum Gasteiger partial charge on any atom is 0.277 e. The number of nitriles is 1. The summed E-state index contributed by atoms with van der Waals surface area (Å²) in [5.41, 5.74) is 1.81. The van der Waals surface area contributed by atoms with E-state index in [4.69, 9.17) is 10.00 Å². The van der Waals surface area contributed by atoms with Gasteiger partial charge >= 0.3 is 0 Å². The monoisotopic (exact) mass is 682 g/mol. The first-order chi connectivity index (χ1) is 23.0. The van der Waals surface area contributed by atoms with E-state index in [1.807, 2.05) is 30.3 Å². The lowest BCUT2D eigenvalue weighted by molar-refractivity contribution is -0.137. The number of amides is 2. The van der Waals surface area contributed by atoms with E-state index in [9.17, 15) is 18.0 Å². The smallest absolute Gasteiger partial charge is 0.277 e. The van der Waals surface area contributed by atoms with Gasteiger partial charge in [-0.25, -0.2) is 13.1 Å². The molecular formula is C37H38N4O5S2. The third kappa shape index (κ3) is 7.72. The fourth-order valence-corrected chi connectivity index (χ4v) is 7.84. The number of nitrogens with one attached hydrogen (secondary N) is 1. The van der Waals surface area contributed by atoms with Crippen molar-refractivity contribution >= 4 is 38.9 Å². The van der Waals surface area contributed by atoms with E-state index in [0.29, 0.717) is 18.8 Å². The van der Waals surface area contributed by atoms with Gasteiger partial charge in [0.05, 0.1) is 22.4 Å². The summed E-state index contributed by atoms with van der Waals surface area (Å²) in [6.07, 6.45) is 3.76. The van der Waals surface area contributed by atoms with Crippen LogP contribution < -0.4 is 14.4 Å². The van der Waals surface area contributed by atoms with Crippen LogP contribution in [0, 0.1) is 17.2 Å². The lowest BCUT2D eigenvalue weighted by atomic mass is 9.95. The van der Waals surface area contributed by atoms with Gasteiger partial charge in [-0.3, -0.25) is 9.59 Å². The Morgan fingerprint density at radius 2 is 1.79 bits per heavy atom. The van der Waals surface area contributed by atoms with Crippen molar-refractivity contribution < 1.29 is 22.7 Å². The maximum absolute atomic E-state index is 14.0. The highest BCUT2D eigenvalue weighted by molar-refractivity contribution is 7.90. The summed E-state index contributed by atoms with van der Waals surface area (Å²) < 4.78 is 33.9. The summed E-state index contributed by atoms with van der Waals surface area (Å²) >= 11 is 1.71. The molecule has 2 amide bonds. The van der Waals surface area contributed by atoms with Crippen molar-refractivity contribution in [2.45, 2.75) is 62.6 Å². The molecule has 4 aromatic rings. The first-order valence-corrected chi connectivity index (χ1v) is 18.4. The summed E-state index contributed by atoms with van der Waals surface area (Å²) in [7, 11) is -4.22. The Bertz CT molecular complexity index is 1930. The Hall–Kier alpha value is -4.66. The van der Waals surface area contributed by atoms with E-state index in [2.05, 4.69) is 50.2 Å². The van der Waals surface area contributed by atoms with Crippen LogP contribution in [0.4, 0.5) is 5.69 Å². The van der Waals surface area contributed by atoms with Gasteiger partial charge in [0.25, 0.3) is 15.9 Å². The van der Waals surface area contributed by atoms with Gasteiger partial charge in [0.15, 0.2) is 5.60 Å². The minimum atomic E-state index is -4.22. The van der Waals surface area contributed by atoms with Crippen LogP contribution in [-0.2, 0) is 26.2 Å². The Morgan fingerprint density at radius 3 is 2.50 bits per heavy atom. The van der Waals surface area contributed by atoms with Crippen molar-refractivity contribution in [3.05, 3.63) is 101 Å². The van der Waals surface area contributed by atoms with Crippen molar-refractivity contribution in [2.75, 3.05) is 18.0 Å². The van der Waals surface area contributed by atoms with Crippen LogP contribution in [0.5, 0.6) is 5.75 Å². The summed E-state index contributed by atoms with van der Waals surface area (Å²) in [5, 5.41) is 11.2. The number of nitrogens with zero attached hydrogens (tertiary/aromatic N) is 3. The van der Waals surface area contributed by atoms with Crippen LogP contribution >= 0.6 is 11.3 Å². The molecule has 1 atom stereocenters. The molecule has 248 valence electrons. The van der Waals surface area contributed by atoms with Crippen molar-refractivity contribution in [3.8, 4) is 22.3 Å². The number of anilines is 1. The fraction of sp³-hybridized carbons (Fsp3) is 0.324. The van der Waals surface area contributed by atoms with Crippen molar-refractivity contribution in [2.24, 2.45) is 5.92 Å². The Kier molecular flexibility index (Phi) is 9.58. The van der Waals surface area contributed by atoms with E-state index in [1.54, 1.807) is 17.4 Å². The zero-order valence-electron chi connectivity index (χ0n) is 27.0. The number of piperidine rings is 1. The SMILES string of the molecule is CC(C)(Oc1cccc(N2CCC[C@H](C(=O)N(Cc3ccc(-c4cccs4)cc3)C3CC3)C2)c1)C(=O)NS(=O)(=O)c1cccc(C#N)c1. The number of sulfonamides is 1. The second-order valence-electron chi connectivity index (χ2n) is 12.8. The second kappa shape index (κ2) is 13.8. The first kappa shape index (κ1) is 33.2. The normalized spacial score (nSPS) is 16.5. The fourth-order valence-electron chi connectivity index (χ4n) is 5.96. The minimum Gasteiger partial charge on any atom is -0.478 e. The average Bonchev–Trinajstić information content (AvgIpc) is 3.79. The standard InChI is InChI=1S/C37H38N4O5S2/c1-37(2,36(43)39-48(44,45)33-11-3-7-27(21-33)23-38)46-32-10-4-9-31(22-32)40-19-5-8-29(25-40)35(42)41(30-17-18-30)24-26-13-15-28(16-14-26)34-12-6-20-47-34/h3-4,6-7,9-16,20-22,29-30H,5,8,17-19,24-25H2,1-2H3,(H,39,43)/t29-/m0/s1. The van der Waals surface area contributed by atoms with Crippen molar-refractivity contribution in [1.82, 2.24) is 9.62 Å². The zero-order valence-corrected chi connectivity index (χ0v) is 28.6. The molecule has 1 saturated carbocycles. The number of hydrogen-bond donors (Lipinski definition) is 1. The van der Waals surface area contributed by atoms with Crippen molar-refractivity contribution in [1.29, 1.82) is 5.26 Å². The topological polar surface area (TPSA) is 120 Å². The predicted molar refractivity (Wildman–Crippen MR) is 186 cm³/mol. The quantitative estimate of drug-likeness (QED) is 0.196. The zero-order chi connectivity index (χ0) is 33.9. The molecule has 2 aliphatic rings. The van der Waals surface area contributed by atoms with E-state index >= 15 is 0 Å². The molecule has 1 aliphatic carbocycles. The molecule has 0 spiro atoms. The van der Waals surface area contributed by atoms with Gasteiger partial charge in [-0.2, -0.15) is 5.26 Å². The molecule has 1 saturated heterocycles. The Morgan fingerprint density at radius 1 is 1.02 bits per heavy atom. The molecule has 9 nitrogen and oxygen atoms in total. The summed E-state index contributed by atoms with van der Waals surface area (Å²) in [5.74, 6) is -0.395. The molecule has 6 rings (SSSR count). The number of carbonyl (C=O) groups excluding carboxylic acids is 2. The number of thiophene rings is 1. The molecule has 0 radical (unpaired) electrons. The second-order valence-corrected chi connectivity index (χ2v) is 15.5. The third-order valence-electron chi connectivity index (χ3n) is 8.76. The van der Waals surface area contributed by atoms with Crippen LogP contribution in [0.2, 0.25) is 0 Å². The third-order valence-corrected chi connectivity index (χ3v) is 11.0. The van der Waals surface area contributed by atoms with Gasteiger partial charge < -0.3 is 14.5 Å². The van der Waals surface area contributed by atoms with E-state index < -0.39 is 21.5 Å². The van der Waals surface area contributed by atoms with Crippen LogP contribution in [0.1, 0.15) is 50.7 Å². The number of benzene rings is 3. The van der Waals surface area contributed by atoms with Gasteiger partial charge in [0.1, 0.15) is 5.75 Å². The number of rotatable bonds is 11. The van der Waals surface area contributed by atoms with E-state index in [-0.39, 0.29) is 28.3 Å². The molecule has 0 unspecified atom stereocenters. The molecule has 1 aliphatic heterocycles. The highest BCUT2D eigenvalue weighted by Gasteiger charge is 2.38. The summed E-state index contributed by atoms with van der Waals surface area (Å²) in [6.45, 7) is 4.95. The molecule has 1 N–H and O–H groups in total. The highest BCUT2D eigenvalue weighted by atomic mass is 32.2. The number of ether oxygens (including phenoxy) is 1. The average molecular weight is 683 g/mol. The lowest BCUT2D eigenvalue weighted by Gasteiger charge is -2.36. The molecule has 1 aromatic heterocycles. The van der Waals surface area contributed by atoms with Crippen LogP contribution in [-0.4, -0.2) is 49.9 Å². The predicted octanol–water partition coefficient (Wildman–Crippen LogP) is 6.36.